The van der Waals surface area contributed by atoms with Crippen molar-refractivity contribution >= 4 is 25.8 Å². The summed E-state index contributed by atoms with van der Waals surface area (Å²) < 4.78 is 6.58. The Bertz CT molecular complexity index is 216. The molecule has 0 aromatic heterocycles. The first-order chi connectivity index (χ1) is 4.72. The van der Waals surface area contributed by atoms with Crippen LogP contribution in [0.4, 0.5) is 0 Å². The Kier molecular flexibility index (Phi) is 2.89. The van der Waals surface area contributed by atoms with Gasteiger partial charge in [-0.25, -0.2) is 0 Å². The molecule has 0 aliphatic carbocycles. The fraction of sp³-hybridized carbons (Fsp3) is 0.333. The van der Waals surface area contributed by atoms with Crippen LogP contribution in [-0.4, -0.2) is 22.7 Å². The number of aryl methyl sites for hydroxylation is 1. The zero-order valence-electron chi connectivity index (χ0n) is 6.89. The first-order valence-electron chi connectivity index (χ1n) is 3.77. The second-order valence-electron chi connectivity index (χ2n) is 3.01. The molecule has 0 saturated heterocycles. The van der Waals surface area contributed by atoms with E-state index >= 15 is 0 Å². The van der Waals surface area contributed by atoms with Crippen LogP contribution in [0.3, 0.4) is 0 Å². The van der Waals surface area contributed by atoms with Gasteiger partial charge < -0.3 is 0 Å². The Hall–Kier alpha value is 0.142. The summed E-state index contributed by atoms with van der Waals surface area (Å²) in [6.45, 7) is 2.22. The van der Waals surface area contributed by atoms with Crippen LogP contribution in [0.1, 0.15) is 5.56 Å². The van der Waals surface area contributed by atoms with Crippen molar-refractivity contribution in [3.05, 3.63) is 29.8 Å². The quantitative estimate of drug-likeness (QED) is 0.693. The van der Waals surface area contributed by atoms with Crippen molar-refractivity contribution in [3.63, 3.8) is 0 Å². The van der Waals surface area contributed by atoms with Gasteiger partial charge in [0.2, 0.25) is 0 Å². The van der Waals surface area contributed by atoms with Crippen molar-refractivity contribution in [3.8, 4) is 0 Å². The van der Waals surface area contributed by atoms with E-state index in [1.54, 1.807) is 3.12 Å². The van der Waals surface area contributed by atoms with E-state index in [0.29, 0.717) is 0 Å². The van der Waals surface area contributed by atoms with Gasteiger partial charge in [0.25, 0.3) is 0 Å². The third kappa shape index (κ3) is 1.81. The van der Waals surface area contributed by atoms with Gasteiger partial charge in [-0.15, -0.1) is 0 Å². The SMILES string of the molecule is Cc1cccc[c]1[Tl]([CH3])[CH3]. The van der Waals surface area contributed by atoms with E-state index in [9.17, 15) is 0 Å². The van der Waals surface area contributed by atoms with E-state index in [-0.39, 0.29) is 0 Å². The zero-order chi connectivity index (χ0) is 7.56. The fourth-order valence-corrected chi connectivity index (χ4v) is 7.08. The van der Waals surface area contributed by atoms with Gasteiger partial charge in [-0.05, 0) is 0 Å². The van der Waals surface area contributed by atoms with Crippen molar-refractivity contribution in [2.75, 3.05) is 0 Å². The predicted octanol–water partition coefficient (Wildman–Crippen LogP) is 1.96. The summed E-state index contributed by atoms with van der Waals surface area (Å²) >= 11 is -1.30. The average molecular weight is 326 g/mol. The summed E-state index contributed by atoms with van der Waals surface area (Å²) in [5.74, 6) is 0. The Labute approximate surface area is 71.4 Å². The number of hydrogen-bond donors (Lipinski definition) is 0. The van der Waals surface area contributed by atoms with Crippen molar-refractivity contribution in [1.82, 2.24) is 0 Å². The Morgan fingerprint density at radius 3 is 2.10 bits per heavy atom. The van der Waals surface area contributed by atoms with Gasteiger partial charge in [-0.2, -0.15) is 0 Å². The van der Waals surface area contributed by atoms with E-state index in [1.165, 1.54) is 5.56 Å². The molecule has 0 atom stereocenters. The van der Waals surface area contributed by atoms with Crippen LogP contribution in [-0.2, 0) is 0 Å². The minimum atomic E-state index is -1.30. The van der Waals surface area contributed by atoms with E-state index in [0.717, 1.165) is 0 Å². The van der Waals surface area contributed by atoms with Gasteiger partial charge in [0.1, 0.15) is 0 Å². The Morgan fingerprint density at radius 2 is 1.70 bits per heavy atom. The standard InChI is InChI=1S/C7H7.2CH3.Tl/c1-7-5-3-2-4-6-7;;;/h2-5H,1H3;2*1H3;. The summed E-state index contributed by atoms with van der Waals surface area (Å²) in [5.41, 5.74) is 1.50. The van der Waals surface area contributed by atoms with E-state index < -0.39 is 22.7 Å². The topological polar surface area (TPSA) is 0 Å². The molecule has 0 bridgehead atoms. The molecule has 10 heavy (non-hydrogen) atoms. The molecule has 0 unspecified atom stereocenters. The summed E-state index contributed by atoms with van der Waals surface area (Å²) in [4.78, 5) is 0. The van der Waals surface area contributed by atoms with Crippen molar-refractivity contribution < 1.29 is 0 Å². The van der Waals surface area contributed by atoms with Crippen LogP contribution in [0.15, 0.2) is 24.3 Å². The fourth-order valence-electron chi connectivity index (χ4n) is 1.23. The van der Waals surface area contributed by atoms with Crippen LogP contribution in [0.25, 0.3) is 0 Å². The molecule has 0 heterocycles. The van der Waals surface area contributed by atoms with Gasteiger partial charge in [0.15, 0.2) is 0 Å². The van der Waals surface area contributed by atoms with Crippen LogP contribution in [0.2, 0.25) is 8.97 Å². The summed E-state index contributed by atoms with van der Waals surface area (Å²) in [6.07, 6.45) is 0. The van der Waals surface area contributed by atoms with Crippen molar-refractivity contribution in [2.45, 2.75) is 15.9 Å². The summed E-state index contributed by atoms with van der Waals surface area (Å²) in [6, 6.07) is 8.79. The molecule has 0 saturated carbocycles. The van der Waals surface area contributed by atoms with Gasteiger partial charge in [-0.1, -0.05) is 0 Å². The molecule has 0 nitrogen and oxygen atoms in total. The van der Waals surface area contributed by atoms with E-state index in [4.69, 9.17) is 0 Å². The third-order valence-electron chi connectivity index (χ3n) is 1.81. The van der Waals surface area contributed by atoms with Crippen LogP contribution in [0.5, 0.6) is 0 Å². The monoisotopic (exact) mass is 326 g/mol. The van der Waals surface area contributed by atoms with Crippen LogP contribution in [0, 0.1) is 6.92 Å². The number of rotatable bonds is 1. The Balaban J connectivity index is 3.03. The minimum absolute atomic E-state index is 1.30. The molecule has 1 aromatic carbocycles. The average Bonchev–Trinajstić information content (AvgIpc) is 1.88. The van der Waals surface area contributed by atoms with E-state index in [2.05, 4.69) is 40.2 Å². The summed E-state index contributed by atoms with van der Waals surface area (Å²) in [5, 5.41) is 0. The van der Waals surface area contributed by atoms with Gasteiger partial charge in [0, 0.05) is 0 Å². The molecule has 52 valence electrons. The van der Waals surface area contributed by atoms with Crippen LogP contribution >= 0.6 is 0 Å². The van der Waals surface area contributed by atoms with Gasteiger partial charge >= 0.3 is 71.5 Å². The molecule has 1 aromatic rings. The molecule has 0 radical (unpaired) electrons. The predicted molar refractivity (Wildman–Crippen MR) is 48.3 cm³/mol. The second-order valence-corrected chi connectivity index (χ2v) is 14.4. The maximum absolute atomic E-state index is 2.45. The molecular formula is C9H13Tl. The molecule has 0 amide bonds. The number of benzene rings is 1. The summed E-state index contributed by atoms with van der Waals surface area (Å²) in [7, 11) is 0. The van der Waals surface area contributed by atoms with Crippen molar-refractivity contribution in [2.24, 2.45) is 0 Å². The molecule has 1 rings (SSSR count). The molecule has 1 heteroatoms. The number of hydrogen-bond acceptors (Lipinski definition) is 0. The van der Waals surface area contributed by atoms with Gasteiger partial charge in [0.05, 0.1) is 0 Å². The van der Waals surface area contributed by atoms with Crippen molar-refractivity contribution in [1.29, 1.82) is 0 Å². The normalized spacial score (nSPS) is 9.50. The van der Waals surface area contributed by atoms with Crippen LogP contribution < -0.4 is 3.12 Å². The Morgan fingerprint density at radius 1 is 1.10 bits per heavy atom. The first kappa shape index (κ1) is 8.24. The van der Waals surface area contributed by atoms with E-state index in [1.807, 2.05) is 0 Å². The molecule has 0 aliphatic heterocycles. The molecule has 0 aliphatic rings. The maximum atomic E-state index is 2.45. The van der Waals surface area contributed by atoms with Gasteiger partial charge in [-0.3, -0.25) is 0 Å². The third-order valence-corrected chi connectivity index (χ3v) is 9.16. The molecule has 0 spiro atoms. The zero-order valence-corrected chi connectivity index (χ0v) is 11.4. The molecule has 0 N–H and O–H groups in total. The first-order valence-corrected chi connectivity index (χ1v) is 15.0. The second kappa shape index (κ2) is 3.51. The molecular weight excluding hydrogens is 312 g/mol. The molecule has 0 fully saturated rings.